The molecule has 0 spiro atoms. The van der Waals surface area contributed by atoms with Gasteiger partial charge < -0.3 is 4.90 Å². The molecule has 23 heavy (non-hydrogen) atoms. The first-order chi connectivity index (χ1) is 11.3. The van der Waals surface area contributed by atoms with E-state index >= 15 is 0 Å². The first kappa shape index (κ1) is 14.7. The Bertz CT molecular complexity index is 657. The van der Waals surface area contributed by atoms with E-state index in [9.17, 15) is 4.79 Å². The van der Waals surface area contributed by atoms with Crippen LogP contribution in [0.4, 0.5) is 0 Å². The minimum absolute atomic E-state index is 0.0493. The molecule has 2 aliphatic rings. The maximum atomic E-state index is 12.8. The average molecular weight is 329 g/mol. The van der Waals surface area contributed by atoms with Gasteiger partial charge in [-0.15, -0.1) is 11.8 Å². The lowest BCUT2D eigenvalue weighted by Gasteiger charge is -2.35. The number of carbonyl (C=O) groups excluding carboxylic acids is 1. The number of amides is 1. The van der Waals surface area contributed by atoms with E-state index in [1.54, 1.807) is 11.8 Å². The van der Waals surface area contributed by atoms with E-state index in [1.165, 1.54) is 16.8 Å². The Morgan fingerprint density at radius 1 is 1.26 bits per heavy atom. The van der Waals surface area contributed by atoms with Crippen LogP contribution < -0.4 is 0 Å². The summed E-state index contributed by atoms with van der Waals surface area (Å²) in [7, 11) is 0. The summed E-state index contributed by atoms with van der Waals surface area (Å²) in [6.45, 7) is 4.12. The lowest BCUT2D eigenvalue weighted by Crippen LogP contribution is -2.50. The quantitative estimate of drug-likeness (QED) is 0.916. The molecule has 0 bridgehead atoms. The van der Waals surface area contributed by atoms with Gasteiger partial charge in [0.2, 0.25) is 5.91 Å². The molecular formula is C16H19N5OS. The third-order valence-electron chi connectivity index (χ3n) is 4.44. The van der Waals surface area contributed by atoms with Crippen molar-refractivity contribution in [2.24, 2.45) is 0 Å². The zero-order valence-electron chi connectivity index (χ0n) is 12.8. The number of aromatic nitrogens is 3. The topological polar surface area (TPSA) is 65.1 Å². The minimum Gasteiger partial charge on any atom is -0.339 e. The summed E-state index contributed by atoms with van der Waals surface area (Å²) in [5.41, 5.74) is 1.31. The fourth-order valence-electron chi connectivity index (χ4n) is 3.17. The van der Waals surface area contributed by atoms with Gasteiger partial charge in [-0.1, -0.05) is 18.2 Å². The molecule has 1 fully saturated rings. The number of hydrogen-bond donors (Lipinski definition) is 1. The molecule has 0 radical (unpaired) electrons. The minimum atomic E-state index is 0.0493. The van der Waals surface area contributed by atoms with Gasteiger partial charge >= 0.3 is 0 Å². The molecule has 6 nitrogen and oxygen atoms in total. The van der Waals surface area contributed by atoms with Crippen LogP contribution in [0.3, 0.4) is 0 Å². The van der Waals surface area contributed by atoms with E-state index in [0.29, 0.717) is 0 Å². The van der Waals surface area contributed by atoms with Crippen LogP contribution in [0.2, 0.25) is 0 Å². The van der Waals surface area contributed by atoms with Crippen molar-refractivity contribution in [3.8, 4) is 0 Å². The lowest BCUT2D eigenvalue weighted by molar-refractivity contribution is -0.132. The highest BCUT2D eigenvalue weighted by molar-refractivity contribution is 8.01. The van der Waals surface area contributed by atoms with Gasteiger partial charge in [0.15, 0.2) is 0 Å². The predicted molar refractivity (Wildman–Crippen MR) is 88.0 cm³/mol. The zero-order valence-corrected chi connectivity index (χ0v) is 13.6. The van der Waals surface area contributed by atoms with E-state index in [-0.39, 0.29) is 11.2 Å². The summed E-state index contributed by atoms with van der Waals surface area (Å²) in [6.07, 6.45) is 2.39. The summed E-state index contributed by atoms with van der Waals surface area (Å²) in [4.78, 5) is 22.5. The van der Waals surface area contributed by atoms with Crippen LogP contribution in [0, 0.1) is 0 Å². The van der Waals surface area contributed by atoms with E-state index < -0.39 is 0 Å². The lowest BCUT2D eigenvalue weighted by atomic mass is 10.1. The Morgan fingerprint density at radius 3 is 2.83 bits per heavy atom. The average Bonchev–Trinajstić information content (AvgIpc) is 3.24. The Kier molecular flexibility index (Phi) is 4.05. The predicted octanol–water partition coefficient (Wildman–Crippen LogP) is 1.17. The molecule has 2 aliphatic heterocycles. The first-order valence-corrected chi connectivity index (χ1v) is 8.77. The summed E-state index contributed by atoms with van der Waals surface area (Å²) >= 11 is 1.71. The molecule has 1 amide bonds. The molecule has 0 unspecified atom stereocenters. The summed E-state index contributed by atoms with van der Waals surface area (Å²) < 4.78 is 0. The van der Waals surface area contributed by atoms with Gasteiger partial charge in [0.25, 0.3) is 0 Å². The number of thioether (sulfide) groups is 1. The molecule has 7 heteroatoms. The van der Waals surface area contributed by atoms with Crippen molar-refractivity contribution in [2.45, 2.75) is 23.1 Å². The largest absolute Gasteiger partial charge is 0.339 e. The van der Waals surface area contributed by atoms with Crippen molar-refractivity contribution in [2.75, 3.05) is 26.2 Å². The van der Waals surface area contributed by atoms with E-state index in [2.05, 4.69) is 38.3 Å². The van der Waals surface area contributed by atoms with Gasteiger partial charge in [0.05, 0.1) is 11.8 Å². The standard InChI is InChI=1S/C16H19N5OS/c22-16(14-9-12-3-1-2-4-13(12)23-14)21-7-5-20(6-8-21)10-15-17-11-18-19-15/h1-4,11,14H,5-10H2,(H,17,18,19)/t14-/m1/s1. The smallest absolute Gasteiger partial charge is 0.236 e. The number of H-pyrrole nitrogens is 1. The summed E-state index contributed by atoms with van der Waals surface area (Å²) in [5.74, 6) is 1.16. The molecule has 3 heterocycles. The van der Waals surface area contributed by atoms with Crippen LogP contribution >= 0.6 is 11.8 Å². The maximum Gasteiger partial charge on any atom is 0.236 e. The molecule has 120 valence electrons. The third-order valence-corrected chi connectivity index (χ3v) is 5.75. The number of piperazine rings is 1. The second kappa shape index (κ2) is 6.33. The van der Waals surface area contributed by atoms with Gasteiger partial charge in [-0.3, -0.25) is 14.8 Å². The van der Waals surface area contributed by atoms with Crippen LogP contribution in [0.1, 0.15) is 11.4 Å². The number of nitrogens with one attached hydrogen (secondary N) is 1. The van der Waals surface area contributed by atoms with Crippen molar-refractivity contribution in [3.63, 3.8) is 0 Å². The Balaban J connectivity index is 1.31. The normalized spacial score (nSPS) is 21.4. The van der Waals surface area contributed by atoms with Gasteiger partial charge in [0, 0.05) is 31.1 Å². The summed E-state index contributed by atoms with van der Waals surface area (Å²) in [6, 6.07) is 8.34. The first-order valence-electron chi connectivity index (χ1n) is 7.89. The van der Waals surface area contributed by atoms with Gasteiger partial charge in [-0.2, -0.15) is 5.10 Å². The molecule has 0 aliphatic carbocycles. The van der Waals surface area contributed by atoms with Crippen LogP contribution in [-0.2, 0) is 17.8 Å². The van der Waals surface area contributed by atoms with Gasteiger partial charge in [0.1, 0.15) is 12.2 Å². The Labute approximate surface area is 139 Å². The van der Waals surface area contributed by atoms with E-state index in [0.717, 1.165) is 45.0 Å². The van der Waals surface area contributed by atoms with Crippen LogP contribution in [-0.4, -0.2) is 62.3 Å². The van der Waals surface area contributed by atoms with E-state index in [4.69, 9.17) is 0 Å². The molecule has 0 saturated carbocycles. The van der Waals surface area contributed by atoms with Crippen LogP contribution in [0.25, 0.3) is 0 Å². The highest BCUT2D eigenvalue weighted by atomic mass is 32.2. The molecule has 4 rings (SSSR count). The van der Waals surface area contributed by atoms with Crippen molar-refractivity contribution in [1.29, 1.82) is 0 Å². The van der Waals surface area contributed by atoms with Crippen molar-refractivity contribution < 1.29 is 4.79 Å². The highest BCUT2D eigenvalue weighted by Gasteiger charge is 2.32. The SMILES string of the molecule is O=C([C@H]1Cc2ccccc2S1)N1CCN(Cc2ncn[nH]2)CC1. The number of rotatable bonds is 3. The number of fused-ring (bicyclic) bond motifs is 1. The van der Waals surface area contributed by atoms with E-state index in [1.807, 2.05) is 11.0 Å². The number of hydrogen-bond acceptors (Lipinski definition) is 5. The fourth-order valence-corrected chi connectivity index (χ4v) is 4.45. The molecule has 1 N–H and O–H groups in total. The van der Waals surface area contributed by atoms with Gasteiger partial charge in [-0.05, 0) is 18.1 Å². The van der Waals surface area contributed by atoms with Crippen LogP contribution in [0.15, 0.2) is 35.5 Å². The molecular weight excluding hydrogens is 310 g/mol. The molecule has 2 aromatic rings. The monoisotopic (exact) mass is 329 g/mol. The number of aromatic amines is 1. The Hall–Kier alpha value is -1.86. The van der Waals surface area contributed by atoms with Crippen LogP contribution in [0.5, 0.6) is 0 Å². The molecule has 1 aromatic carbocycles. The number of nitrogens with zero attached hydrogens (tertiary/aromatic N) is 4. The van der Waals surface area contributed by atoms with Crippen molar-refractivity contribution >= 4 is 17.7 Å². The third kappa shape index (κ3) is 3.11. The Morgan fingerprint density at radius 2 is 2.09 bits per heavy atom. The molecule has 1 atom stereocenters. The molecule has 1 aromatic heterocycles. The molecule has 1 saturated heterocycles. The fraction of sp³-hybridized carbons (Fsp3) is 0.438. The van der Waals surface area contributed by atoms with Crippen molar-refractivity contribution in [3.05, 3.63) is 42.0 Å². The second-order valence-electron chi connectivity index (χ2n) is 5.95. The zero-order chi connectivity index (χ0) is 15.6. The summed E-state index contributed by atoms with van der Waals surface area (Å²) in [5, 5.41) is 6.81. The number of carbonyl (C=O) groups is 1. The second-order valence-corrected chi connectivity index (χ2v) is 7.20. The van der Waals surface area contributed by atoms with Gasteiger partial charge in [-0.25, -0.2) is 4.98 Å². The maximum absolute atomic E-state index is 12.8. The number of benzene rings is 1. The van der Waals surface area contributed by atoms with Crippen molar-refractivity contribution in [1.82, 2.24) is 25.0 Å². The highest BCUT2D eigenvalue weighted by Crippen LogP contribution is 2.37.